The van der Waals surface area contributed by atoms with Gasteiger partial charge < -0.3 is 10.3 Å². The summed E-state index contributed by atoms with van der Waals surface area (Å²) in [6, 6.07) is 2.97. The van der Waals surface area contributed by atoms with Crippen LogP contribution >= 0.6 is 15.9 Å². The number of aromatic nitrogens is 2. The maximum atomic E-state index is 11.8. The molecule has 2 heterocycles. The molecule has 17 heavy (non-hydrogen) atoms. The van der Waals surface area contributed by atoms with Crippen LogP contribution in [0.15, 0.2) is 46.2 Å². The highest BCUT2D eigenvalue weighted by Crippen LogP contribution is 2.10. The predicted octanol–water partition coefficient (Wildman–Crippen LogP) is 1.78. The van der Waals surface area contributed by atoms with Crippen LogP contribution in [0.2, 0.25) is 0 Å². The molecule has 0 aliphatic heterocycles. The number of carbonyl (C=O) groups excluding carboxylic acids is 1. The normalized spacial score (nSPS) is 9.94. The zero-order chi connectivity index (χ0) is 12.3. The highest BCUT2D eigenvalue weighted by Gasteiger charge is 2.08. The van der Waals surface area contributed by atoms with Crippen LogP contribution in [0, 0.1) is 0 Å². The topological polar surface area (TPSA) is 74.8 Å². The van der Waals surface area contributed by atoms with Crippen molar-refractivity contribution in [2.45, 2.75) is 0 Å². The number of pyridine rings is 2. The molecule has 2 aromatic rings. The number of amides is 1. The molecule has 0 aliphatic rings. The molecule has 2 rings (SSSR count). The van der Waals surface area contributed by atoms with Gasteiger partial charge in [0, 0.05) is 35.3 Å². The molecule has 6 heteroatoms. The Morgan fingerprint density at radius 3 is 2.94 bits per heavy atom. The second-order valence-electron chi connectivity index (χ2n) is 3.27. The fourth-order valence-electron chi connectivity index (χ4n) is 1.24. The molecule has 2 aromatic heterocycles. The Morgan fingerprint density at radius 2 is 2.24 bits per heavy atom. The summed E-state index contributed by atoms with van der Waals surface area (Å²) in [4.78, 5) is 29.8. The van der Waals surface area contributed by atoms with E-state index in [-0.39, 0.29) is 17.0 Å². The number of halogens is 1. The van der Waals surface area contributed by atoms with E-state index in [1.807, 2.05) is 0 Å². The van der Waals surface area contributed by atoms with Crippen LogP contribution in [0.25, 0.3) is 0 Å². The van der Waals surface area contributed by atoms with Gasteiger partial charge >= 0.3 is 0 Å². The maximum absolute atomic E-state index is 11.8. The van der Waals surface area contributed by atoms with E-state index in [9.17, 15) is 9.59 Å². The lowest BCUT2D eigenvalue weighted by Gasteiger charge is -2.03. The summed E-state index contributed by atoms with van der Waals surface area (Å²) in [6.45, 7) is 0. The van der Waals surface area contributed by atoms with Gasteiger partial charge in [0.1, 0.15) is 5.69 Å². The lowest BCUT2D eigenvalue weighted by atomic mass is 10.2. The van der Waals surface area contributed by atoms with E-state index in [0.29, 0.717) is 10.0 Å². The van der Waals surface area contributed by atoms with E-state index in [4.69, 9.17) is 0 Å². The standard InChI is InChI=1S/C11H8BrN3O2/c12-8-3-7(4-14-5-8)11(17)15-9-6-13-2-1-10(9)16/h1-6H,(H,13,16)(H,15,17). The van der Waals surface area contributed by atoms with Crippen LogP contribution in [0.1, 0.15) is 10.4 Å². The summed E-state index contributed by atoms with van der Waals surface area (Å²) in [5.41, 5.74) is 0.333. The van der Waals surface area contributed by atoms with E-state index in [1.54, 1.807) is 12.3 Å². The highest BCUT2D eigenvalue weighted by molar-refractivity contribution is 9.10. The van der Waals surface area contributed by atoms with Gasteiger partial charge in [0.15, 0.2) is 0 Å². The van der Waals surface area contributed by atoms with E-state index < -0.39 is 0 Å². The first-order valence-corrected chi connectivity index (χ1v) is 5.55. The first kappa shape index (κ1) is 11.5. The Morgan fingerprint density at radius 1 is 1.41 bits per heavy atom. The summed E-state index contributed by atoms with van der Waals surface area (Å²) in [5, 5.41) is 2.51. The maximum Gasteiger partial charge on any atom is 0.257 e. The van der Waals surface area contributed by atoms with Crippen LogP contribution < -0.4 is 10.7 Å². The minimum atomic E-state index is -0.379. The number of rotatable bonds is 2. The number of hydrogen-bond acceptors (Lipinski definition) is 3. The number of nitrogens with zero attached hydrogens (tertiary/aromatic N) is 1. The van der Waals surface area contributed by atoms with Crippen molar-refractivity contribution < 1.29 is 4.79 Å². The summed E-state index contributed by atoms with van der Waals surface area (Å²) in [5.74, 6) is -0.379. The predicted molar refractivity (Wildman–Crippen MR) is 67.0 cm³/mol. The molecule has 0 radical (unpaired) electrons. The molecule has 0 aromatic carbocycles. The smallest absolute Gasteiger partial charge is 0.257 e. The van der Waals surface area contributed by atoms with Crippen LogP contribution in [0.3, 0.4) is 0 Å². The van der Waals surface area contributed by atoms with Crippen molar-refractivity contribution in [1.82, 2.24) is 9.97 Å². The van der Waals surface area contributed by atoms with Gasteiger partial charge in [0.2, 0.25) is 5.43 Å². The molecule has 0 bridgehead atoms. The van der Waals surface area contributed by atoms with Gasteiger partial charge in [-0.1, -0.05) is 0 Å². The van der Waals surface area contributed by atoms with Crippen molar-refractivity contribution in [2.24, 2.45) is 0 Å². The van der Waals surface area contributed by atoms with E-state index in [0.717, 1.165) is 0 Å². The number of nitrogens with one attached hydrogen (secondary N) is 2. The molecule has 0 unspecified atom stereocenters. The third-order valence-corrected chi connectivity index (χ3v) is 2.47. The third-order valence-electron chi connectivity index (χ3n) is 2.04. The number of aromatic amines is 1. The van der Waals surface area contributed by atoms with Crippen molar-refractivity contribution in [3.8, 4) is 0 Å². The van der Waals surface area contributed by atoms with Gasteiger partial charge in [0.25, 0.3) is 5.91 Å². The van der Waals surface area contributed by atoms with Crippen LogP contribution in [0.5, 0.6) is 0 Å². The molecule has 0 fully saturated rings. The Kier molecular flexibility index (Phi) is 3.34. The van der Waals surface area contributed by atoms with Crippen molar-refractivity contribution in [3.05, 3.63) is 57.2 Å². The van der Waals surface area contributed by atoms with Crippen LogP contribution in [-0.4, -0.2) is 15.9 Å². The molecule has 5 nitrogen and oxygen atoms in total. The van der Waals surface area contributed by atoms with Crippen molar-refractivity contribution >= 4 is 27.5 Å². The average Bonchev–Trinajstić information content (AvgIpc) is 2.32. The Hall–Kier alpha value is -1.95. The van der Waals surface area contributed by atoms with E-state index in [2.05, 4.69) is 31.2 Å². The zero-order valence-electron chi connectivity index (χ0n) is 8.61. The molecule has 0 saturated carbocycles. The van der Waals surface area contributed by atoms with Gasteiger partial charge in [-0.05, 0) is 22.0 Å². The highest BCUT2D eigenvalue weighted by atomic mass is 79.9. The number of H-pyrrole nitrogens is 1. The molecule has 0 aliphatic carbocycles. The lowest BCUT2D eigenvalue weighted by Crippen LogP contribution is -2.18. The summed E-state index contributed by atoms with van der Waals surface area (Å²) < 4.78 is 0.701. The quantitative estimate of drug-likeness (QED) is 0.886. The van der Waals surface area contributed by atoms with E-state index >= 15 is 0 Å². The second kappa shape index (κ2) is 4.92. The minimum absolute atomic E-state index is 0.206. The summed E-state index contributed by atoms with van der Waals surface area (Å²) in [6.07, 6.45) is 5.94. The fourth-order valence-corrected chi connectivity index (χ4v) is 1.61. The first-order valence-electron chi connectivity index (χ1n) is 4.76. The lowest BCUT2D eigenvalue weighted by molar-refractivity contribution is 0.102. The monoisotopic (exact) mass is 293 g/mol. The van der Waals surface area contributed by atoms with Gasteiger partial charge in [-0.2, -0.15) is 0 Å². The Bertz CT molecular complexity index is 609. The Balaban J connectivity index is 2.23. The molecule has 0 spiro atoms. The summed E-state index contributed by atoms with van der Waals surface area (Å²) in [7, 11) is 0. The van der Waals surface area contributed by atoms with Crippen molar-refractivity contribution in [1.29, 1.82) is 0 Å². The number of hydrogen-bond donors (Lipinski definition) is 2. The van der Waals surface area contributed by atoms with Crippen molar-refractivity contribution in [3.63, 3.8) is 0 Å². The summed E-state index contributed by atoms with van der Waals surface area (Å²) >= 11 is 3.22. The zero-order valence-corrected chi connectivity index (χ0v) is 10.2. The molecule has 2 N–H and O–H groups in total. The molecule has 86 valence electrons. The third kappa shape index (κ3) is 2.79. The van der Waals surface area contributed by atoms with Crippen LogP contribution in [-0.2, 0) is 0 Å². The molecular formula is C11H8BrN3O2. The molecule has 0 saturated heterocycles. The van der Waals surface area contributed by atoms with E-state index in [1.165, 1.54) is 24.7 Å². The van der Waals surface area contributed by atoms with Gasteiger partial charge in [-0.3, -0.25) is 14.6 Å². The minimum Gasteiger partial charge on any atom is -0.366 e. The van der Waals surface area contributed by atoms with Gasteiger partial charge in [-0.25, -0.2) is 0 Å². The Labute approximate surface area is 105 Å². The van der Waals surface area contributed by atoms with Gasteiger partial charge in [0.05, 0.1) is 5.56 Å². The molecule has 0 atom stereocenters. The van der Waals surface area contributed by atoms with Crippen molar-refractivity contribution in [2.75, 3.05) is 5.32 Å². The number of carbonyl (C=O) groups is 1. The molecule has 1 amide bonds. The second-order valence-corrected chi connectivity index (χ2v) is 4.18. The largest absolute Gasteiger partial charge is 0.366 e. The fraction of sp³-hybridized carbons (Fsp3) is 0. The van der Waals surface area contributed by atoms with Crippen LogP contribution in [0.4, 0.5) is 5.69 Å². The average molecular weight is 294 g/mol. The first-order chi connectivity index (χ1) is 8.16. The SMILES string of the molecule is O=C(Nc1c[nH]ccc1=O)c1cncc(Br)c1. The number of anilines is 1. The van der Waals surface area contributed by atoms with Gasteiger partial charge in [-0.15, -0.1) is 0 Å². The molecular weight excluding hydrogens is 286 g/mol.